The van der Waals surface area contributed by atoms with Gasteiger partial charge in [-0.1, -0.05) is 36.4 Å². The van der Waals surface area contributed by atoms with Gasteiger partial charge < -0.3 is 4.42 Å². The molecule has 0 saturated carbocycles. The summed E-state index contributed by atoms with van der Waals surface area (Å²) in [5, 5.41) is 7.83. The molecule has 0 bridgehead atoms. The number of hydrogen-bond donors (Lipinski definition) is 1. The van der Waals surface area contributed by atoms with E-state index in [1.165, 1.54) is 0 Å². The van der Waals surface area contributed by atoms with Crippen LogP contribution in [0.5, 0.6) is 0 Å². The third kappa shape index (κ3) is 4.17. The van der Waals surface area contributed by atoms with Gasteiger partial charge in [0.1, 0.15) is 6.04 Å². The van der Waals surface area contributed by atoms with Crippen molar-refractivity contribution in [3.05, 3.63) is 77.0 Å². The number of benzene rings is 2. The van der Waals surface area contributed by atoms with Crippen LogP contribution in [0.25, 0.3) is 0 Å². The third-order valence-corrected chi connectivity index (χ3v) is 5.68. The van der Waals surface area contributed by atoms with E-state index in [0.717, 1.165) is 16.7 Å². The number of hydrogen-bond acceptors (Lipinski definition) is 5. The van der Waals surface area contributed by atoms with Crippen LogP contribution < -0.4 is 4.72 Å². The van der Waals surface area contributed by atoms with E-state index in [1.807, 2.05) is 44.2 Å². The molecule has 0 spiro atoms. The summed E-state index contributed by atoms with van der Waals surface area (Å²) in [6.07, 6.45) is 0.409. The van der Waals surface area contributed by atoms with E-state index in [1.54, 1.807) is 25.1 Å². The average molecular weight is 371 g/mol. The van der Waals surface area contributed by atoms with Crippen molar-refractivity contribution in [2.24, 2.45) is 0 Å². The molecule has 0 fully saturated rings. The van der Waals surface area contributed by atoms with Gasteiger partial charge in [0.05, 0.1) is 4.90 Å². The Kier molecular flexibility index (Phi) is 5.20. The summed E-state index contributed by atoms with van der Waals surface area (Å²) in [5.41, 5.74) is 2.93. The fourth-order valence-corrected chi connectivity index (χ4v) is 3.89. The smallest absolute Gasteiger partial charge is 0.241 e. The molecule has 0 radical (unpaired) electrons. The monoisotopic (exact) mass is 371 g/mol. The lowest BCUT2D eigenvalue weighted by molar-refractivity contribution is 0.411. The Balaban J connectivity index is 1.92. The van der Waals surface area contributed by atoms with E-state index in [0.29, 0.717) is 12.3 Å². The van der Waals surface area contributed by atoms with Crippen molar-refractivity contribution in [1.82, 2.24) is 14.9 Å². The topological polar surface area (TPSA) is 85.1 Å². The van der Waals surface area contributed by atoms with Crippen LogP contribution >= 0.6 is 0 Å². The normalized spacial score (nSPS) is 12.9. The van der Waals surface area contributed by atoms with Crippen LogP contribution in [-0.4, -0.2) is 18.6 Å². The molecule has 0 saturated heterocycles. The van der Waals surface area contributed by atoms with E-state index in [4.69, 9.17) is 4.42 Å². The summed E-state index contributed by atoms with van der Waals surface area (Å²) >= 11 is 0. The molecule has 1 unspecified atom stereocenters. The van der Waals surface area contributed by atoms with Crippen LogP contribution in [0.1, 0.15) is 34.5 Å². The molecule has 1 N–H and O–H groups in total. The maximum atomic E-state index is 12.9. The Hall–Kier alpha value is -2.51. The summed E-state index contributed by atoms with van der Waals surface area (Å²) in [5.74, 6) is 0.641. The molecule has 3 aromatic rings. The van der Waals surface area contributed by atoms with Gasteiger partial charge in [0.15, 0.2) is 0 Å². The molecule has 0 aliphatic heterocycles. The summed E-state index contributed by atoms with van der Waals surface area (Å²) < 4.78 is 34.0. The predicted octanol–water partition coefficient (Wildman–Crippen LogP) is 3.26. The minimum Gasteiger partial charge on any atom is -0.424 e. The van der Waals surface area contributed by atoms with Crippen molar-refractivity contribution < 1.29 is 12.8 Å². The Morgan fingerprint density at radius 2 is 1.73 bits per heavy atom. The quantitative estimate of drug-likeness (QED) is 0.719. The Morgan fingerprint density at radius 3 is 2.35 bits per heavy atom. The molecule has 1 atom stereocenters. The molecule has 7 heteroatoms. The van der Waals surface area contributed by atoms with Gasteiger partial charge in [-0.3, -0.25) is 0 Å². The molecule has 0 aliphatic rings. The number of nitrogens with zero attached hydrogens (tertiary/aromatic N) is 2. The van der Waals surface area contributed by atoms with Gasteiger partial charge in [0, 0.05) is 6.92 Å². The van der Waals surface area contributed by atoms with Gasteiger partial charge in [0.2, 0.25) is 21.8 Å². The second-order valence-corrected chi connectivity index (χ2v) is 7.98. The van der Waals surface area contributed by atoms with Crippen molar-refractivity contribution in [2.75, 3.05) is 0 Å². The molecule has 2 aromatic carbocycles. The van der Waals surface area contributed by atoms with E-state index >= 15 is 0 Å². The Bertz CT molecular complexity index is 998. The summed E-state index contributed by atoms with van der Waals surface area (Å²) in [6, 6.07) is 14.0. The van der Waals surface area contributed by atoms with Crippen LogP contribution in [0.15, 0.2) is 57.8 Å². The summed E-state index contributed by atoms with van der Waals surface area (Å²) in [4.78, 5) is 0.217. The summed E-state index contributed by atoms with van der Waals surface area (Å²) in [7, 11) is -3.74. The van der Waals surface area contributed by atoms with Crippen LogP contribution in [0.3, 0.4) is 0 Å². The minimum atomic E-state index is -3.74. The third-order valence-electron chi connectivity index (χ3n) is 4.21. The molecule has 6 nitrogen and oxygen atoms in total. The van der Waals surface area contributed by atoms with Crippen molar-refractivity contribution >= 4 is 10.0 Å². The molecule has 0 aliphatic carbocycles. The lowest BCUT2D eigenvalue weighted by Gasteiger charge is -2.16. The number of sulfonamides is 1. The standard InChI is InChI=1S/C19H21N3O3S/c1-13-9-10-17(11-14(13)2)26(23,24)22-18(19-21-20-15(3)25-19)12-16-7-5-4-6-8-16/h4-11,18,22H,12H2,1-3H3. The van der Waals surface area contributed by atoms with Crippen LogP contribution in [-0.2, 0) is 16.4 Å². The van der Waals surface area contributed by atoms with Crippen molar-refractivity contribution in [3.8, 4) is 0 Å². The zero-order valence-electron chi connectivity index (χ0n) is 14.9. The van der Waals surface area contributed by atoms with Gasteiger partial charge in [0.25, 0.3) is 0 Å². The number of rotatable bonds is 6. The fourth-order valence-electron chi connectivity index (χ4n) is 2.62. The second-order valence-electron chi connectivity index (χ2n) is 6.27. The van der Waals surface area contributed by atoms with Crippen LogP contribution in [0.2, 0.25) is 0 Å². The first-order valence-electron chi connectivity index (χ1n) is 8.28. The van der Waals surface area contributed by atoms with Gasteiger partial charge in [-0.15, -0.1) is 10.2 Å². The highest BCUT2D eigenvalue weighted by molar-refractivity contribution is 7.89. The maximum Gasteiger partial charge on any atom is 0.241 e. The SMILES string of the molecule is Cc1nnc(C(Cc2ccccc2)NS(=O)(=O)c2ccc(C)c(C)c2)o1. The van der Waals surface area contributed by atoms with E-state index in [9.17, 15) is 8.42 Å². The first kappa shape index (κ1) is 18.3. The van der Waals surface area contributed by atoms with Crippen LogP contribution in [0, 0.1) is 20.8 Å². The maximum absolute atomic E-state index is 12.9. The second kappa shape index (κ2) is 7.39. The number of aryl methyl sites for hydroxylation is 3. The highest BCUT2D eigenvalue weighted by Gasteiger charge is 2.26. The Labute approximate surface area is 153 Å². The van der Waals surface area contributed by atoms with Gasteiger partial charge >= 0.3 is 0 Å². The van der Waals surface area contributed by atoms with Gasteiger partial charge in [-0.05, 0) is 49.1 Å². The zero-order chi connectivity index (χ0) is 18.7. The fraction of sp³-hybridized carbons (Fsp3) is 0.263. The molecular weight excluding hydrogens is 350 g/mol. The van der Waals surface area contributed by atoms with Gasteiger partial charge in [-0.2, -0.15) is 4.72 Å². The first-order valence-corrected chi connectivity index (χ1v) is 9.77. The minimum absolute atomic E-state index is 0.217. The largest absolute Gasteiger partial charge is 0.424 e. The zero-order valence-corrected chi connectivity index (χ0v) is 15.7. The summed E-state index contributed by atoms with van der Waals surface area (Å²) in [6.45, 7) is 5.50. The van der Waals surface area contributed by atoms with E-state index in [2.05, 4.69) is 14.9 Å². The molecule has 0 amide bonds. The lowest BCUT2D eigenvalue weighted by Crippen LogP contribution is -2.30. The number of nitrogens with one attached hydrogen (secondary N) is 1. The van der Waals surface area contributed by atoms with Gasteiger partial charge in [-0.25, -0.2) is 8.42 Å². The highest BCUT2D eigenvalue weighted by atomic mass is 32.2. The lowest BCUT2D eigenvalue weighted by atomic mass is 10.1. The molecule has 136 valence electrons. The average Bonchev–Trinajstić information content (AvgIpc) is 3.04. The van der Waals surface area contributed by atoms with Crippen molar-refractivity contribution in [2.45, 2.75) is 38.1 Å². The first-order chi connectivity index (χ1) is 12.3. The van der Waals surface area contributed by atoms with Crippen LogP contribution in [0.4, 0.5) is 0 Å². The predicted molar refractivity (Wildman–Crippen MR) is 98.2 cm³/mol. The number of aromatic nitrogens is 2. The molecule has 1 aromatic heterocycles. The molecule has 1 heterocycles. The molecule has 26 heavy (non-hydrogen) atoms. The van der Waals surface area contributed by atoms with E-state index < -0.39 is 16.1 Å². The van der Waals surface area contributed by atoms with Crippen molar-refractivity contribution in [3.63, 3.8) is 0 Å². The molecule has 3 rings (SSSR count). The van der Waals surface area contributed by atoms with Crippen molar-refractivity contribution in [1.29, 1.82) is 0 Å². The molecular formula is C19H21N3O3S. The highest BCUT2D eigenvalue weighted by Crippen LogP contribution is 2.22. The Morgan fingerprint density at radius 1 is 1.00 bits per heavy atom. The van der Waals surface area contributed by atoms with E-state index in [-0.39, 0.29) is 10.8 Å².